The van der Waals surface area contributed by atoms with Crippen molar-refractivity contribution >= 4 is 11.7 Å². The van der Waals surface area contributed by atoms with Crippen LogP contribution in [0.15, 0.2) is 61.1 Å². The number of aromatic nitrogens is 3. The second-order valence-corrected chi connectivity index (χ2v) is 14.8. The summed E-state index contributed by atoms with van der Waals surface area (Å²) in [6, 6.07) is 13.5. The first-order chi connectivity index (χ1) is 24.3. The van der Waals surface area contributed by atoms with Crippen LogP contribution in [0.1, 0.15) is 106 Å². The molecule has 0 radical (unpaired) electrons. The molecule has 3 heterocycles. The Kier molecular flexibility index (Phi) is 12.4. The van der Waals surface area contributed by atoms with E-state index >= 15 is 0 Å². The van der Waals surface area contributed by atoms with Crippen molar-refractivity contribution in [2.75, 3.05) is 19.0 Å². The van der Waals surface area contributed by atoms with Gasteiger partial charge in [0.1, 0.15) is 5.82 Å². The van der Waals surface area contributed by atoms with E-state index in [1.165, 1.54) is 83.2 Å². The molecule has 1 amide bonds. The monoisotopic (exact) mass is 691 g/mol. The quantitative estimate of drug-likeness (QED) is 0.257. The minimum Gasteiger partial charge on any atom is -0.376 e. The summed E-state index contributed by atoms with van der Waals surface area (Å²) in [5.74, 6) is 4.32. The van der Waals surface area contributed by atoms with E-state index < -0.39 is 11.9 Å². The lowest BCUT2D eigenvalue weighted by atomic mass is 9.66. The van der Waals surface area contributed by atoms with Crippen molar-refractivity contribution in [2.45, 2.75) is 108 Å². The summed E-state index contributed by atoms with van der Waals surface area (Å²) in [5.41, 5.74) is 1.54. The Hall–Kier alpha value is -3.53. The highest BCUT2D eigenvalue weighted by Crippen LogP contribution is 2.46. The molecule has 2 unspecified atom stereocenters. The van der Waals surface area contributed by atoms with Gasteiger partial charge in [-0.2, -0.15) is 13.2 Å². The summed E-state index contributed by atoms with van der Waals surface area (Å²) in [5, 5.41) is 5.81. The summed E-state index contributed by atoms with van der Waals surface area (Å²) in [6.45, 7) is 0.738. The van der Waals surface area contributed by atoms with Crippen LogP contribution in [0.3, 0.4) is 0 Å². The van der Waals surface area contributed by atoms with Gasteiger partial charge < -0.3 is 15.4 Å². The van der Waals surface area contributed by atoms with Gasteiger partial charge in [-0.1, -0.05) is 56.0 Å². The van der Waals surface area contributed by atoms with Gasteiger partial charge in [0, 0.05) is 25.4 Å². The molecular weight excluding hydrogens is 639 g/mol. The van der Waals surface area contributed by atoms with Gasteiger partial charge in [-0.15, -0.1) is 0 Å². The average Bonchev–Trinajstić information content (AvgIpc) is 3.71. The van der Waals surface area contributed by atoms with Crippen LogP contribution in [0.4, 0.5) is 19.0 Å². The number of carbonyl (C=O) groups excluding carboxylic acids is 1. The van der Waals surface area contributed by atoms with Crippen LogP contribution in [0.25, 0.3) is 11.3 Å². The molecule has 3 aromatic rings. The zero-order chi connectivity index (χ0) is 34.9. The van der Waals surface area contributed by atoms with Crippen LogP contribution in [-0.2, 0) is 10.9 Å². The molecule has 1 aliphatic heterocycles. The lowest BCUT2D eigenvalue weighted by Crippen LogP contribution is -2.46. The van der Waals surface area contributed by atoms with Crippen LogP contribution < -0.4 is 10.6 Å². The van der Waals surface area contributed by atoms with E-state index in [9.17, 15) is 18.0 Å². The molecule has 2 aromatic heterocycles. The largest absolute Gasteiger partial charge is 0.434 e. The van der Waals surface area contributed by atoms with Crippen LogP contribution >= 0.6 is 0 Å². The van der Waals surface area contributed by atoms with Crippen molar-refractivity contribution in [2.24, 2.45) is 29.6 Å². The van der Waals surface area contributed by atoms with Crippen LogP contribution in [0, 0.1) is 29.6 Å². The van der Waals surface area contributed by atoms with Gasteiger partial charge in [0.15, 0.2) is 5.69 Å². The summed E-state index contributed by atoms with van der Waals surface area (Å²) in [7, 11) is 1.60. The molecule has 4 fully saturated rings. The summed E-state index contributed by atoms with van der Waals surface area (Å²) >= 11 is 0. The molecule has 3 saturated carbocycles. The van der Waals surface area contributed by atoms with Gasteiger partial charge >= 0.3 is 6.18 Å². The van der Waals surface area contributed by atoms with E-state index in [1.54, 1.807) is 19.3 Å². The number of halogens is 3. The lowest BCUT2D eigenvalue weighted by Gasteiger charge is -2.43. The van der Waals surface area contributed by atoms with Crippen LogP contribution in [-0.4, -0.2) is 46.7 Å². The Labute approximate surface area is 294 Å². The first kappa shape index (κ1) is 36.3. The molecule has 2 N–H and O–H groups in total. The first-order valence-corrected chi connectivity index (χ1v) is 18.8. The molecule has 0 bridgehead atoms. The maximum Gasteiger partial charge on any atom is 0.434 e. The Bertz CT molecular complexity index is 1480. The van der Waals surface area contributed by atoms with Crippen LogP contribution in [0.2, 0.25) is 0 Å². The molecule has 7 rings (SSSR count). The summed E-state index contributed by atoms with van der Waals surface area (Å²) in [4.78, 5) is 23.1. The van der Waals surface area contributed by atoms with E-state index in [0.717, 1.165) is 60.6 Å². The molecule has 1 aromatic carbocycles. The van der Waals surface area contributed by atoms with Gasteiger partial charge in [-0.25, -0.2) is 4.98 Å². The average molecular weight is 692 g/mol. The highest BCUT2D eigenvalue weighted by molar-refractivity contribution is 5.93. The van der Waals surface area contributed by atoms with Gasteiger partial charge in [0.25, 0.3) is 5.91 Å². The minimum absolute atomic E-state index is 0.00469. The molecular formula is C40H52F3N5O2. The Morgan fingerprint density at radius 3 is 1.94 bits per heavy atom. The summed E-state index contributed by atoms with van der Waals surface area (Å²) in [6.07, 6.45) is 17.6. The SMILES string of the molecule is CNC(=O)c1ccc(-c2ccccc2)nc1.FC(F)(F)c1cncc(NC2CCCOC2C2CCC(C3CCC(C4CCCC4)CC3)CC2)n1. The van der Waals surface area contributed by atoms with Crippen molar-refractivity contribution < 1.29 is 22.7 Å². The molecule has 1 saturated heterocycles. The predicted molar refractivity (Wildman–Crippen MR) is 189 cm³/mol. The van der Waals surface area contributed by atoms with Crippen molar-refractivity contribution in [1.82, 2.24) is 20.3 Å². The maximum absolute atomic E-state index is 13.0. The minimum atomic E-state index is -4.48. The standard InChI is InChI=1S/C27H40F3N3O.C13H12N2O/c28-27(29,30)24-16-31-17-25(33-24)32-23-6-3-15-34-26(23)22-13-11-21(12-14-22)20-9-7-19(8-10-20)18-4-1-2-5-18;1-14-13(16)11-7-8-12(15-9-11)10-5-3-2-4-6-10/h16-23,26H,1-15H2,(H,32,33);2-9H,1H3,(H,14,16). The topological polar surface area (TPSA) is 89.0 Å². The number of hydrogen-bond donors (Lipinski definition) is 2. The van der Waals surface area contributed by atoms with Gasteiger partial charge in [0.05, 0.1) is 35.8 Å². The first-order valence-electron chi connectivity index (χ1n) is 18.8. The van der Waals surface area contributed by atoms with Crippen molar-refractivity contribution in [3.8, 4) is 11.3 Å². The van der Waals surface area contributed by atoms with Gasteiger partial charge in [-0.05, 0) is 106 Å². The van der Waals surface area contributed by atoms with E-state index in [-0.39, 0.29) is 23.9 Å². The van der Waals surface area contributed by atoms with Crippen molar-refractivity contribution in [3.63, 3.8) is 0 Å². The Balaban J connectivity index is 0.000000226. The fraction of sp³-hybridized carbons (Fsp3) is 0.600. The highest BCUT2D eigenvalue weighted by atomic mass is 19.4. The molecule has 7 nitrogen and oxygen atoms in total. The number of hydrogen-bond acceptors (Lipinski definition) is 6. The highest BCUT2D eigenvalue weighted by Gasteiger charge is 2.39. The number of alkyl halides is 3. The second-order valence-electron chi connectivity index (χ2n) is 14.8. The zero-order valence-corrected chi connectivity index (χ0v) is 29.2. The molecule has 50 heavy (non-hydrogen) atoms. The van der Waals surface area contributed by atoms with E-state index in [4.69, 9.17) is 4.74 Å². The van der Waals surface area contributed by atoms with E-state index in [1.807, 2.05) is 36.4 Å². The number of amides is 1. The molecule has 10 heteroatoms. The smallest absolute Gasteiger partial charge is 0.376 e. The fourth-order valence-corrected chi connectivity index (χ4v) is 9.10. The number of carbonyl (C=O) groups is 1. The third-order valence-corrected chi connectivity index (χ3v) is 11.8. The predicted octanol–water partition coefficient (Wildman–Crippen LogP) is 9.37. The maximum atomic E-state index is 13.0. The van der Waals surface area contributed by atoms with E-state index in [0.29, 0.717) is 11.5 Å². The lowest BCUT2D eigenvalue weighted by molar-refractivity contribution is -0.141. The van der Waals surface area contributed by atoms with E-state index in [2.05, 4.69) is 25.6 Å². The van der Waals surface area contributed by atoms with Gasteiger partial charge in [-0.3, -0.25) is 14.8 Å². The van der Waals surface area contributed by atoms with Crippen molar-refractivity contribution in [3.05, 3.63) is 72.3 Å². The number of ether oxygens (including phenoxy) is 1. The number of pyridine rings is 1. The Morgan fingerprint density at radius 2 is 1.36 bits per heavy atom. The van der Waals surface area contributed by atoms with Gasteiger partial charge in [0.2, 0.25) is 0 Å². The number of nitrogens with zero attached hydrogens (tertiary/aromatic N) is 3. The number of rotatable bonds is 7. The third-order valence-electron chi connectivity index (χ3n) is 11.8. The number of nitrogens with one attached hydrogen (secondary N) is 2. The Morgan fingerprint density at radius 1 is 0.740 bits per heavy atom. The molecule has 270 valence electrons. The molecule has 4 aliphatic rings. The third kappa shape index (κ3) is 9.42. The van der Waals surface area contributed by atoms with Crippen molar-refractivity contribution in [1.29, 1.82) is 0 Å². The molecule has 3 aliphatic carbocycles. The normalized spacial score (nSPS) is 27.5. The van der Waals surface area contributed by atoms with Crippen LogP contribution in [0.5, 0.6) is 0 Å². The molecule has 0 spiro atoms. The molecule has 2 atom stereocenters. The zero-order valence-electron chi connectivity index (χ0n) is 29.2. The fourth-order valence-electron chi connectivity index (χ4n) is 9.10. The summed E-state index contributed by atoms with van der Waals surface area (Å²) < 4.78 is 45.4. The number of anilines is 1. The second kappa shape index (κ2) is 17.1. The number of benzene rings is 1.